The molecule has 0 saturated heterocycles. The van der Waals surface area contributed by atoms with Crippen LogP contribution in [0.15, 0.2) is 28.0 Å². The van der Waals surface area contributed by atoms with Gasteiger partial charge in [-0.3, -0.25) is 4.79 Å². The first kappa shape index (κ1) is 14.7. The molecule has 0 fully saturated rings. The SMILES string of the molecule is CCC1CCc2c(sc3c2C(O)N=C(c2cccc(=O)[nH]2)N3)C1. The molecule has 23 heavy (non-hydrogen) atoms. The van der Waals surface area contributed by atoms with Gasteiger partial charge in [0.1, 0.15) is 5.00 Å². The van der Waals surface area contributed by atoms with Gasteiger partial charge >= 0.3 is 0 Å². The maximum Gasteiger partial charge on any atom is 0.248 e. The van der Waals surface area contributed by atoms with Crippen molar-refractivity contribution in [3.63, 3.8) is 0 Å². The van der Waals surface area contributed by atoms with E-state index in [1.807, 2.05) is 0 Å². The molecule has 5 nitrogen and oxygen atoms in total. The van der Waals surface area contributed by atoms with Crippen molar-refractivity contribution in [2.24, 2.45) is 10.9 Å². The maximum atomic E-state index is 11.5. The Morgan fingerprint density at radius 3 is 3.09 bits per heavy atom. The Bertz CT molecular complexity index is 837. The van der Waals surface area contributed by atoms with Gasteiger partial charge in [-0.1, -0.05) is 19.4 Å². The number of nitrogens with one attached hydrogen (secondary N) is 2. The van der Waals surface area contributed by atoms with E-state index in [9.17, 15) is 9.90 Å². The quantitative estimate of drug-likeness (QED) is 0.793. The topological polar surface area (TPSA) is 77.5 Å². The summed E-state index contributed by atoms with van der Waals surface area (Å²) in [6.07, 6.45) is 3.64. The number of fused-ring (bicyclic) bond motifs is 3. The third-order valence-electron chi connectivity index (χ3n) is 4.75. The second-order valence-electron chi connectivity index (χ2n) is 6.17. The second kappa shape index (κ2) is 5.62. The molecule has 0 bridgehead atoms. The fraction of sp³-hybridized carbons (Fsp3) is 0.412. The third-order valence-corrected chi connectivity index (χ3v) is 5.94. The average Bonchev–Trinajstić information content (AvgIpc) is 2.92. The molecule has 3 N–H and O–H groups in total. The van der Waals surface area contributed by atoms with Crippen LogP contribution >= 0.6 is 11.3 Å². The molecule has 2 atom stereocenters. The molecule has 120 valence electrons. The van der Waals surface area contributed by atoms with E-state index in [1.165, 1.54) is 29.3 Å². The number of amidine groups is 1. The minimum atomic E-state index is -0.858. The zero-order chi connectivity index (χ0) is 16.0. The minimum absolute atomic E-state index is 0.177. The van der Waals surface area contributed by atoms with Crippen molar-refractivity contribution in [3.8, 4) is 0 Å². The van der Waals surface area contributed by atoms with Gasteiger partial charge in [-0.2, -0.15) is 0 Å². The van der Waals surface area contributed by atoms with E-state index in [1.54, 1.807) is 23.5 Å². The molecule has 2 aromatic rings. The summed E-state index contributed by atoms with van der Waals surface area (Å²) in [6, 6.07) is 4.93. The summed E-state index contributed by atoms with van der Waals surface area (Å²) >= 11 is 1.72. The molecule has 1 aliphatic carbocycles. The van der Waals surface area contributed by atoms with E-state index in [0.717, 1.165) is 29.3 Å². The number of rotatable bonds is 2. The standard InChI is InChI=1S/C17H19N3O2S/c1-2-9-6-7-10-12(8-9)23-17-14(10)16(22)19-15(20-17)11-4-3-5-13(21)18-11/h3-5,9,16,22H,2,6-8H2,1H3,(H,18,21)(H,19,20). The van der Waals surface area contributed by atoms with Crippen LogP contribution in [0.4, 0.5) is 5.00 Å². The Morgan fingerprint density at radius 1 is 1.43 bits per heavy atom. The summed E-state index contributed by atoms with van der Waals surface area (Å²) in [5.41, 5.74) is 2.63. The van der Waals surface area contributed by atoms with Crippen molar-refractivity contribution < 1.29 is 5.11 Å². The van der Waals surface area contributed by atoms with E-state index in [2.05, 4.69) is 22.2 Å². The molecule has 3 heterocycles. The van der Waals surface area contributed by atoms with Crippen molar-refractivity contribution in [3.05, 3.63) is 50.3 Å². The highest BCUT2D eigenvalue weighted by atomic mass is 32.1. The van der Waals surface area contributed by atoms with Gasteiger partial charge in [0.15, 0.2) is 12.1 Å². The molecule has 0 saturated carbocycles. The molecule has 0 radical (unpaired) electrons. The van der Waals surface area contributed by atoms with Crippen LogP contribution < -0.4 is 10.9 Å². The van der Waals surface area contributed by atoms with Crippen LogP contribution in [-0.2, 0) is 12.8 Å². The molecule has 2 aliphatic rings. The maximum absolute atomic E-state index is 11.5. The Balaban J connectivity index is 1.71. The van der Waals surface area contributed by atoms with Crippen LogP contribution in [0.5, 0.6) is 0 Å². The largest absolute Gasteiger partial charge is 0.368 e. The van der Waals surface area contributed by atoms with Crippen LogP contribution in [0, 0.1) is 5.92 Å². The molecule has 4 rings (SSSR count). The molecule has 0 aromatic carbocycles. The number of H-pyrrole nitrogens is 1. The van der Waals surface area contributed by atoms with Crippen LogP contribution in [-0.4, -0.2) is 15.9 Å². The van der Waals surface area contributed by atoms with Crippen molar-refractivity contribution in [2.45, 2.75) is 38.8 Å². The van der Waals surface area contributed by atoms with Crippen molar-refractivity contribution in [2.75, 3.05) is 5.32 Å². The first-order valence-electron chi connectivity index (χ1n) is 8.02. The number of thiophene rings is 1. The van der Waals surface area contributed by atoms with E-state index >= 15 is 0 Å². The molecule has 0 spiro atoms. The monoisotopic (exact) mass is 329 g/mol. The Kier molecular flexibility index (Phi) is 3.58. The Labute approximate surface area is 138 Å². The molecule has 0 amide bonds. The Hall–Kier alpha value is -1.92. The number of anilines is 1. The van der Waals surface area contributed by atoms with E-state index in [-0.39, 0.29) is 5.56 Å². The van der Waals surface area contributed by atoms with Crippen LogP contribution in [0.25, 0.3) is 0 Å². The molecule has 1 aliphatic heterocycles. The molecular weight excluding hydrogens is 310 g/mol. The van der Waals surface area contributed by atoms with E-state index in [0.29, 0.717) is 11.5 Å². The summed E-state index contributed by atoms with van der Waals surface area (Å²) in [5, 5.41) is 14.8. The summed E-state index contributed by atoms with van der Waals surface area (Å²) in [6.45, 7) is 2.24. The smallest absolute Gasteiger partial charge is 0.248 e. The highest BCUT2D eigenvalue weighted by Crippen LogP contribution is 2.45. The summed E-state index contributed by atoms with van der Waals surface area (Å²) in [7, 11) is 0. The zero-order valence-corrected chi connectivity index (χ0v) is 13.7. The number of aromatic nitrogens is 1. The Morgan fingerprint density at radius 2 is 2.30 bits per heavy atom. The van der Waals surface area contributed by atoms with Gasteiger partial charge in [0.2, 0.25) is 5.56 Å². The average molecular weight is 329 g/mol. The van der Waals surface area contributed by atoms with Gasteiger partial charge in [-0.25, -0.2) is 4.99 Å². The fourth-order valence-electron chi connectivity index (χ4n) is 3.44. The number of pyridine rings is 1. The van der Waals surface area contributed by atoms with Gasteiger partial charge in [0.05, 0.1) is 5.69 Å². The summed E-state index contributed by atoms with van der Waals surface area (Å²) in [5.74, 6) is 1.26. The summed E-state index contributed by atoms with van der Waals surface area (Å²) < 4.78 is 0. The van der Waals surface area contributed by atoms with Crippen molar-refractivity contribution >= 4 is 22.2 Å². The lowest BCUT2D eigenvalue weighted by molar-refractivity contribution is 0.187. The van der Waals surface area contributed by atoms with Gasteiger partial charge in [-0.05, 0) is 36.8 Å². The number of aliphatic hydroxyl groups excluding tert-OH is 1. The molecule has 2 unspecified atom stereocenters. The molecule has 2 aromatic heterocycles. The predicted octanol–water partition coefficient (Wildman–Crippen LogP) is 2.81. The number of aliphatic imine (C=N–C) groups is 1. The molecule has 6 heteroatoms. The van der Waals surface area contributed by atoms with E-state index < -0.39 is 6.23 Å². The number of aliphatic hydroxyl groups is 1. The molecular formula is C17H19N3O2S. The predicted molar refractivity (Wildman–Crippen MR) is 92.3 cm³/mol. The van der Waals surface area contributed by atoms with Gasteiger partial charge in [0.25, 0.3) is 0 Å². The van der Waals surface area contributed by atoms with Gasteiger partial charge < -0.3 is 15.4 Å². The van der Waals surface area contributed by atoms with Crippen molar-refractivity contribution in [1.82, 2.24) is 4.98 Å². The number of aromatic amines is 1. The lowest BCUT2D eigenvalue weighted by atomic mass is 9.85. The highest BCUT2D eigenvalue weighted by Gasteiger charge is 2.31. The van der Waals surface area contributed by atoms with Crippen LogP contribution in [0.3, 0.4) is 0 Å². The lowest BCUT2D eigenvalue weighted by Crippen LogP contribution is -2.24. The normalized spacial score (nSPS) is 22.8. The number of hydrogen-bond donors (Lipinski definition) is 3. The third kappa shape index (κ3) is 2.52. The number of hydrogen-bond acceptors (Lipinski definition) is 5. The fourth-order valence-corrected chi connectivity index (χ4v) is 4.83. The minimum Gasteiger partial charge on any atom is -0.368 e. The first-order valence-corrected chi connectivity index (χ1v) is 8.84. The first-order chi connectivity index (χ1) is 11.2. The van der Waals surface area contributed by atoms with Crippen LogP contribution in [0.1, 0.15) is 47.7 Å². The van der Waals surface area contributed by atoms with Crippen LogP contribution in [0.2, 0.25) is 0 Å². The summed E-state index contributed by atoms with van der Waals surface area (Å²) in [4.78, 5) is 20.0. The lowest BCUT2D eigenvalue weighted by Gasteiger charge is -2.23. The zero-order valence-electron chi connectivity index (χ0n) is 12.9. The number of nitrogens with zero attached hydrogens (tertiary/aromatic N) is 1. The van der Waals surface area contributed by atoms with Gasteiger partial charge in [0, 0.05) is 16.5 Å². The highest BCUT2D eigenvalue weighted by molar-refractivity contribution is 7.16. The van der Waals surface area contributed by atoms with E-state index in [4.69, 9.17) is 0 Å². The van der Waals surface area contributed by atoms with Crippen molar-refractivity contribution in [1.29, 1.82) is 0 Å². The van der Waals surface area contributed by atoms with Gasteiger partial charge in [-0.15, -0.1) is 11.3 Å². The second-order valence-corrected chi connectivity index (χ2v) is 7.27.